The zero-order valence-electron chi connectivity index (χ0n) is 24.6. The van der Waals surface area contributed by atoms with Crippen LogP contribution in [0.25, 0.3) is 16.9 Å². The molecule has 0 aliphatic carbocycles. The minimum absolute atomic E-state index is 0.0766. The Morgan fingerprint density at radius 1 is 1.13 bits per heavy atom. The maximum absolute atomic E-state index is 13.6. The number of ether oxygens (including phenoxy) is 1. The molecule has 206 valence electrons. The molecule has 0 aliphatic rings. The second kappa shape index (κ2) is 11.0. The van der Waals surface area contributed by atoms with Crippen LogP contribution in [0.15, 0.2) is 42.7 Å². The first-order chi connectivity index (χ1) is 18.4. The van der Waals surface area contributed by atoms with Gasteiger partial charge in [0, 0.05) is 23.9 Å². The molecule has 2 aromatic carbocycles. The Hall–Kier alpha value is -3.94. The number of aryl methyl sites for hydroxylation is 3. The second-order valence-electron chi connectivity index (χ2n) is 11.7. The molecule has 0 radical (unpaired) electrons. The lowest BCUT2D eigenvalue weighted by molar-refractivity contribution is 0.102. The minimum atomic E-state index is -0.209. The molecule has 39 heavy (non-hydrogen) atoms. The SMILES string of the molecule is COc1c(CCC(C)C)cc(C(C)(C)C)cc1NC(=O)c1ccc(C)c(-n2cc(-c3cnn(C)c3C)nn2)c1. The Labute approximate surface area is 231 Å². The molecule has 1 N–H and O–H groups in total. The topological polar surface area (TPSA) is 86.9 Å². The summed E-state index contributed by atoms with van der Waals surface area (Å²) in [6.07, 6.45) is 5.57. The van der Waals surface area contributed by atoms with E-state index in [1.807, 2.05) is 56.0 Å². The molecule has 8 nitrogen and oxygen atoms in total. The highest BCUT2D eigenvalue weighted by Gasteiger charge is 2.22. The van der Waals surface area contributed by atoms with Crippen molar-refractivity contribution in [2.45, 2.75) is 66.7 Å². The van der Waals surface area contributed by atoms with Crippen LogP contribution < -0.4 is 10.1 Å². The molecule has 4 rings (SSSR count). The van der Waals surface area contributed by atoms with E-state index in [0.29, 0.717) is 17.2 Å². The summed E-state index contributed by atoms with van der Waals surface area (Å²) in [7, 11) is 3.56. The molecule has 0 saturated carbocycles. The van der Waals surface area contributed by atoms with Crippen LogP contribution in [0, 0.1) is 19.8 Å². The lowest BCUT2D eigenvalue weighted by atomic mass is 9.84. The summed E-state index contributed by atoms with van der Waals surface area (Å²) < 4.78 is 9.35. The Kier molecular flexibility index (Phi) is 7.95. The average Bonchev–Trinajstić information content (AvgIpc) is 3.48. The first-order valence-electron chi connectivity index (χ1n) is 13.4. The van der Waals surface area contributed by atoms with Crippen molar-refractivity contribution in [3.63, 3.8) is 0 Å². The maximum atomic E-state index is 13.6. The van der Waals surface area contributed by atoms with Gasteiger partial charge >= 0.3 is 0 Å². The van der Waals surface area contributed by atoms with E-state index in [2.05, 4.69) is 61.4 Å². The van der Waals surface area contributed by atoms with Gasteiger partial charge in [0.1, 0.15) is 11.4 Å². The van der Waals surface area contributed by atoms with Crippen molar-refractivity contribution in [1.82, 2.24) is 24.8 Å². The molecule has 0 bridgehead atoms. The van der Waals surface area contributed by atoms with E-state index in [1.54, 1.807) is 18.0 Å². The van der Waals surface area contributed by atoms with Crippen LogP contribution in [-0.2, 0) is 18.9 Å². The number of carbonyl (C=O) groups excluding carboxylic acids is 1. The van der Waals surface area contributed by atoms with E-state index < -0.39 is 0 Å². The van der Waals surface area contributed by atoms with Crippen molar-refractivity contribution < 1.29 is 9.53 Å². The summed E-state index contributed by atoms with van der Waals surface area (Å²) in [6, 6.07) is 9.85. The molecule has 0 fully saturated rings. The number of anilines is 1. The van der Waals surface area contributed by atoms with E-state index in [-0.39, 0.29) is 11.3 Å². The molecule has 0 spiro atoms. The number of carbonyl (C=O) groups is 1. The normalized spacial score (nSPS) is 11.7. The van der Waals surface area contributed by atoms with Crippen molar-refractivity contribution >= 4 is 11.6 Å². The number of hydrogen-bond donors (Lipinski definition) is 1. The van der Waals surface area contributed by atoms with Gasteiger partial charge in [0.05, 0.1) is 30.9 Å². The standard InChI is InChI=1S/C31H40N6O2/c1-19(2)10-12-22-14-24(31(5,6)7)16-26(29(22)39-9)33-30(38)23-13-11-20(3)28(15-23)37-18-27(34-35-37)25-17-32-36(8)21(25)4/h11,13-19H,10,12H2,1-9H3,(H,33,38). The van der Waals surface area contributed by atoms with Crippen molar-refractivity contribution in [2.24, 2.45) is 13.0 Å². The van der Waals surface area contributed by atoms with Gasteiger partial charge in [-0.1, -0.05) is 52.0 Å². The molecule has 2 aromatic heterocycles. The van der Waals surface area contributed by atoms with Crippen LogP contribution in [0.1, 0.15) is 73.8 Å². The number of nitrogens with zero attached hydrogens (tertiary/aromatic N) is 5. The van der Waals surface area contributed by atoms with Crippen LogP contribution >= 0.6 is 0 Å². The quantitative estimate of drug-likeness (QED) is 0.285. The highest BCUT2D eigenvalue weighted by atomic mass is 16.5. The number of rotatable bonds is 8. The molecular weight excluding hydrogens is 488 g/mol. The molecule has 0 saturated heterocycles. The van der Waals surface area contributed by atoms with E-state index in [4.69, 9.17) is 4.74 Å². The van der Waals surface area contributed by atoms with Gasteiger partial charge in [-0.15, -0.1) is 5.10 Å². The van der Waals surface area contributed by atoms with Crippen molar-refractivity contribution in [1.29, 1.82) is 0 Å². The smallest absolute Gasteiger partial charge is 0.255 e. The first-order valence-corrected chi connectivity index (χ1v) is 13.4. The largest absolute Gasteiger partial charge is 0.494 e. The van der Waals surface area contributed by atoms with Gasteiger partial charge in [-0.3, -0.25) is 9.48 Å². The number of methoxy groups -OCH3 is 1. The van der Waals surface area contributed by atoms with Crippen LogP contribution in [0.2, 0.25) is 0 Å². The predicted octanol–water partition coefficient (Wildman–Crippen LogP) is 6.43. The molecule has 0 aliphatic heterocycles. The van der Waals surface area contributed by atoms with E-state index >= 15 is 0 Å². The number of nitrogens with one attached hydrogen (secondary N) is 1. The third kappa shape index (κ3) is 6.05. The minimum Gasteiger partial charge on any atom is -0.494 e. The summed E-state index contributed by atoms with van der Waals surface area (Å²) in [6.45, 7) is 15.0. The van der Waals surface area contributed by atoms with E-state index in [9.17, 15) is 4.79 Å². The van der Waals surface area contributed by atoms with Crippen LogP contribution in [0.5, 0.6) is 5.75 Å². The molecule has 0 unspecified atom stereocenters. The number of hydrogen-bond acceptors (Lipinski definition) is 5. The lowest BCUT2D eigenvalue weighted by Gasteiger charge is -2.24. The number of benzene rings is 2. The number of amides is 1. The second-order valence-corrected chi connectivity index (χ2v) is 11.7. The van der Waals surface area contributed by atoms with Crippen molar-refractivity contribution in [3.05, 3.63) is 70.7 Å². The van der Waals surface area contributed by atoms with E-state index in [1.165, 1.54) is 0 Å². The Morgan fingerprint density at radius 2 is 1.87 bits per heavy atom. The van der Waals surface area contributed by atoms with Gasteiger partial charge in [-0.25, -0.2) is 4.68 Å². The Bertz CT molecular complexity index is 1490. The first kappa shape index (κ1) is 28.1. The van der Waals surface area contributed by atoms with Gasteiger partial charge in [0.25, 0.3) is 5.91 Å². The lowest BCUT2D eigenvalue weighted by Crippen LogP contribution is -2.17. The fraction of sp³-hybridized carbons (Fsp3) is 0.419. The van der Waals surface area contributed by atoms with Crippen LogP contribution in [-0.4, -0.2) is 37.8 Å². The molecule has 1 amide bonds. The summed E-state index contributed by atoms with van der Waals surface area (Å²) in [5, 5.41) is 16.2. The monoisotopic (exact) mass is 528 g/mol. The summed E-state index contributed by atoms with van der Waals surface area (Å²) in [5.41, 5.74) is 7.83. The maximum Gasteiger partial charge on any atom is 0.255 e. The Balaban J connectivity index is 1.67. The third-order valence-corrected chi connectivity index (χ3v) is 7.20. The number of aromatic nitrogens is 5. The zero-order valence-corrected chi connectivity index (χ0v) is 24.6. The van der Waals surface area contributed by atoms with E-state index in [0.717, 1.165) is 57.9 Å². The highest BCUT2D eigenvalue weighted by Crippen LogP contribution is 2.37. The zero-order chi connectivity index (χ0) is 28.5. The molecule has 4 aromatic rings. The molecule has 0 atom stereocenters. The van der Waals surface area contributed by atoms with Gasteiger partial charge in [-0.05, 0) is 72.9 Å². The Morgan fingerprint density at radius 3 is 2.49 bits per heavy atom. The summed E-state index contributed by atoms with van der Waals surface area (Å²) >= 11 is 0. The fourth-order valence-electron chi connectivity index (χ4n) is 4.53. The molecule has 2 heterocycles. The van der Waals surface area contributed by atoms with Crippen LogP contribution in [0.4, 0.5) is 5.69 Å². The van der Waals surface area contributed by atoms with Gasteiger partial charge < -0.3 is 10.1 Å². The molecule has 8 heteroatoms. The molecular formula is C31H40N6O2. The highest BCUT2D eigenvalue weighted by molar-refractivity contribution is 6.05. The third-order valence-electron chi connectivity index (χ3n) is 7.20. The fourth-order valence-corrected chi connectivity index (χ4v) is 4.53. The van der Waals surface area contributed by atoms with Crippen molar-refractivity contribution in [2.75, 3.05) is 12.4 Å². The summed E-state index contributed by atoms with van der Waals surface area (Å²) in [5.74, 6) is 1.08. The average molecular weight is 529 g/mol. The van der Waals surface area contributed by atoms with Crippen LogP contribution in [0.3, 0.4) is 0 Å². The van der Waals surface area contributed by atoms with Crippen molar-refractivity contribution in [3.8, 4) is 22.7 Å². The summed E-state index contributed by atoms with van der Waals surface area (Å²) in [4.78, 5) is 13.6. The van der Waals surface area contributed by atoms with Gasteiger partial charge in [-0.2, -0.15) is 5.10 Å². The predicted molar refractivity (Wildman–Crippen MR) is 156 cm³/mol. The van der Waals surface area contributed by atoms with Gasteiger partial charge in [0.15, 0.2) is 0 Å². The van der Waals surface area contributed by atoms with Gasteiger partial charge in [0.2, 0.25) is 0 Å².